The molecule has 2 N–H and O–H groups in total. The number of hydrogen-bond donors (Lipinski definition) is 2. The van der Waals surface area contributed by atoms with Gasteiger partial charge in [-0.2, -0.15) is 0 Å². The van der Waals surface area contributed by atoms with Crippen LogP contribution in [0.2, 0.25) is 10.0 Å². The van der Waals surface area contributed by atoms with Crippen molar-refractivity contribution in [3.8, 4) is 11.5 Å². The average Bonchev–Trinajstić information content (AvgIpc) is 3.33. The number of hydrazine groups is 1. The Balaban J connectivity index is 1.31. The summed E-state index contributed by atoms with van der Waals surface area (Å²) in [6.45, 7) is 0.333. The molecular formula is C28H20Cl2FN3O2. The van der Waals surface area contributed by atoms with Gasteiger partial charge in [0.15, 0.2) is 11.6 Å². The summed E-state index contributed by atoms with van der Waals surface area (Å²) in [7, 11) is 0. The number of carbonyl (C=O) groups is 1. The lowest BCUT2D eigenvalue weighted by atomic mass is 10.0. The van der Waals surface area contributed by atoms with E-state index < -0.39 is 5.82 Å². The molecule has 180 valence electrons. The number of ether oxygens (including phenoxy) is 1. The van der Waals surface area contributed by atoms with Gasteiger partial charge in [-0.15, -0.1) is 0 Å². The summed E-state index contributed by atoms with van der Waals surface area (Å²) < 4.78 is 19.4. The summed E-state index contributed by atoms with van der Waals surface area (Å²) in [4.78, 5) is 13.1. The lowest BCUT2D eigenvalue weighted by molar-refractivity contribution is 0.210. The first-order valence-electron chi connectivity index (χ1n) is 11.1. The average molecular weight is 520 g/mol. The number of benzene rings is 4. The minimum absolute atomic E-state index is 0.131. The number of amides is 2. The highest BCUT2D eigenvalue weighted by Crippen LogP contribution is 2.32. The van der Waals surface area contributed by atoms with E-state index in [1.165, 1.54) is 11.1 Å². The maximum atomic E-state index is 13.8. The van der Waals surface area contributed by atoms with Crippen LogP contribution in [0.4, 0.5) is 14.9 Å². The Bertz CT molecular complexity index is 1370. The summed E-state index contributed by atoms with van der Waals surface area (Å²) >= 11 is 12.1. The molecule has 0 radical (unpaired) electrons. The molecular weight excluding hydrogens is 500 g/mol. The van der Waals surface area contributed by atoms with E-state index in [4.69, 9.17) is 27.9 Å². The van der Waals surface area contributed by atoms with Gasteiger partial charge in [-0.05, 0) is 71.8 Å². The fraction of sp³-hybridized carbons (Fsp3) is 0.0357. The van der Waals surface area contributed by atoms with Crippen LogP contribution in [-0.4, -0.2) is 17.6 Å². The van der Waals surface area contributed by atoms with Gasteiger partial charge in [-0.25, -0.2) is 14.2 Å². The molecule has 0 aromatic heterocycles. The zero-order valence-corrected chi connectivity index (χ0v) is 20.4. The number of carbonyl (C=O) groups excluding carboxylic acids is 1. The Morgan fingerprint density at radius 3 is 2.08 bits per heavy atom. The SMILES string of the molecule is O=C(Nc1ccc(Oc2ccccc2F)cc1)N1CC(c2ccc(Cl)cc2)=C(c2ccc(Cl)cc2)N1. The lowest BCUT2D eigenvalue weighted by Crippen LogP contribution is -2.40. The molecule has 1 aliphatic heterocycles. The second-order valence-electron chi connectivity index (χ2n) is 8.05. The maximum absolute atomic E-state index is 13.8. The van der Waals surface area contributed by atoms with Gasteiger partial charge in [0.25, 0.3) is 0 Å². The number of hydrogen-bond acceptors (Lipinski definition) is 3. The molecule has 4 aromatic carbocycles. The van der Waals surface area contributed by atoms with Crippen LogP contribution in [0.15, 0.2) is 97.1 Å². The van der Waals surface area contributed by atoms with Gasteiger partial charge in [0.2, 0.25) is 0 Å². The number of rotatable bonds is 5. The van der Waals surface area contributed by atoms with E-state index in [0.29, 0.717) is 28.0 Å². The van der Waals surface area contributed by atoms with Crippen LogP contribution in [0.3, 0.4) is 0 Å². The minimum atomic E-state index is -0.449. The van der Waals surface area contributed by atoms with E-state index >= 15 is 0 Å². The highest BCUT2D eigenvalue weighted by molar-refractivity contribution is 6.31. The molecule has 1 aliphatic rings. The molecule has 0 unspecified atom stereocenters. The minimum Gasteiger partial charge on any atom is -0.454 e. The zero-order chi connectivity index (χ0) is 25.1. The predicted octanol–water partition coefficient (Wildman–Crippen LogP) is 7.85. The van der Waals surface area contributed by atoms with E-state index in [1.807, 2.05) is 36.4 Å². The third-order valence-corrected chi connectivity index (χ3v) is 6.11. The normalized spacial score (nSPS) is 12.9. The molecule has 0 aliphatic carbocycles. The third-order valence-electron chi connectivity index (χ3n) is 5.61. The van der Waals surface area contributed by atoms with E-state index in [2.05, 4.69) is 10.7 Å². The van der Waals surface area contributed by atoms with Crippen molar-refractivity contribution in [2.45, 2.75) is 0 Å². The molecule has 0 bridgehead atoms. The van der Waals surface area contributed by atoms with Crippen molar-refractivity contribution in [1.82, 2.24) is 10.4 Å². The second kappa shape index (κ2) is 10.3. The van der Waals surface area contributed by atoms with Gasteiger partial charge in [-0.1, -0.05) is 59.6 Å². The number of para-hydroxylation sites is 1. The summed E-state index contributed by atoms with van der Waals surface area (Å²) in [6.07, 6.45) is 0. The van der Waals surface area contributed by atoms with Crippen LogP contribution in [0.5, 0.6) is 11.5 Å². The molecule has 5 nitrogen and oxygen atoms in total. The Hall–Kier alpha value is -4.00. The van der Waals surface area contributed by atoms with Crippen molar-refractivity contribution in [3.05, 3.63) is 124 Å². The molecule has 36 heavy (non-hydrogen) atoms. The van der Waals surface area contributed by atoms with Gasteiger partial charge in [-0.3, -0.25) is 5.43 Å². The largest absolute Gasteiger partial charge is 0.454 e. The predicted molar refractivity (Wildman–Crippen MR) is 141 cm³/mol. The lowest BCUT2D eigenvalue weighted by Gasteiger charge is -2.19. The third kappa shape index (κ3) is 5.30. The van der Waals surface area contributed by atoms with Crippen molar-refractivity contribution in [3.63, 3.8) is 0 Å². The fourth-order valence-corrected chi connectivity index (χ4v) is 4.05. The van der Waals surface area contributed by atoms with Gasteiger partial charge in [0, 0.05) is 21.3 Å². The van der Waals surface area contributed by atoms with E-state index in [-0.39, 0.29) is 11.8 Å². The van der Waals surface area contributed by atoms with Gasteiger partial charge < -0.3 is 10.1 Å². The first-order chi connectivity index (χ1) is 17.5. The fourth-order valence-electron chi connectivity index (χ4n) is 3.80. The van der Waals surface area contributed by atoms with Crippen LogP contribution in [-0.2, 0) is 0 Å². The van der Waals surface area contributed by atoms with Crippen LogP contribution < -0.4 is 15.5 Å². The molecule has 0 saturated heterocycles. The highest BCUT2D eigenvalue weighted by atomic mass is 35.5. The monoisotopic (exact) mass is 519 g/mol. The van der Waals surface area contributed by atoms with Crippen LogP contribution in [0.1, 0.15) is 11.1 Å². The van der Waals surface area contributed by atoms with E-state index in [1.54, 1.807) is 54.6 Å². The topological polar surface area (TPSA) is 53.6 Å². The summed E-state index contributed by atoms with van der Waals surface area (Å²) in [5, 5.41) is 5.63. The number of anilines is 1. The standard InChI is InChI=1S/C28H20Cl2FN3O2/c29-20-9-5-18(6-10-20)24-17-34(33-27(24)19-7-11-21(30)12-8-19)28(35)32-22-13-15-23(16-14-22)36-26-4-2-1-3-25(26)31/h1-16,33H,17H2,(H,32,35). The van der Waals surface area contributed by atoms with Crippen molar-refractivity contribution < 1.29 is 13.9 Å². The van der Waals surface area contributed by atoms with Gasteiger partial charge in [0.1, 0.15) is 5.75 Å². The first-order valence-corrected chi connectivity index (χ1v) is 11.8. The smallest absolute Gasteiger partial charge is 0.340 e. The van der Waals surface area contributed by atoms with Crippen molar-refractivity contribution in [2.24, 2.45) is 0 Å². The molecule has 1 heterocycles. The quantitative estimate of drug-likeness (QED) is 0.282. The summed E-state index contributed by atoms with van der Waals surface area (Å²) in [5.74, 6) is 0.135. The molecule has 0 spiro atoms. The Morgan fingerprint density at radius 1 is 0.833 bits per heavy atom. The van der Waals surface area contributed by atoms with Gasteiger partial charge in [0.05, 0.1) is 12.2 Å². The number of nitrogens with one attached hydrogen (secondary N) is 2. The number of urea groups is 1. The highest BCUT2D eigenvalue weighted by Gasteiger charge is 2.27. The molecule has 8 heteroatoms. The van der Waals surface area contributed by atoms with Crippen LogP contribution >= 0.6 is 23.2 Å². The zero-order valence-electron chi connectivity index (χ0n) is 18.8. The van der Waals surface area contributed by atoms with Crippen LogP contribution in [0, 0.1) is 5.82 Å². The molecule has 2 amide bonds. The van der Waals surface area contributed by atoms with Crippen molar-refractivity contribution >= 4 is 46.2 Å². The second-order valence-corrected chi connectivity index (χ2v) is 8.93. The molecule has 5 rings (SSSR count). The maximum Gasteiger partial charge on any atom is 0.340 e. The Morgan fingerprint density at radius 2 is 1.44 bits per heavy atom. The number of nitrogens with zero attached hydrogens (tertiary/aromatic N) is 1. The molecule has 0 saturated carbocycles. The van der Waals surface area contributed by atoms with Crippen LogP contribution in [0.25, 0.3) is 11.3 Å². The Kier molecular flexibility index (Phi) is 6.80. The molecule has 0 fully saturated rings. The van der Waals surface area contributed by atoms with E-state index in [0.717, 1.165) is 22.4 Å². The van der Waals surface area contributed by atoms with Gasteiger partial charge >= 0.3 is 6.03 Å². The summed E-state index contributed by atoms with van der Waals surface area (Å²) in [6, 6.07) is 27.4. The molecule has 0 atom stereocenters. The Labute approximate surface area is 217 Å². The number of halogens is 3. The summed E-state index contributed by atoms with van der Waals surface area (Å²) in [5.41, 5.74) is 7.37. The van der Waals surface area contributed by atoms with Crippen molar-refractivity contribution in [1.29, 1.82) is 0 Å². The van der Waals surface area contributed by atoms with Crippen molar-refractivity contribution in [2.75, 3.05) is 11.9 Å². The first kappa shape index (κ1) is 23.7. The van der Waals surface area contributed by atoms with E-state index in [9.17, 15) is 9.18 Å². The molecule has 4 aromatic rings.